The number of nitrogens with zero attached hydrogens (tertiary/aromatic N) is 2. The van der Waals surface area contributed by atoms with Crippen molar-refractivity contribution >= 4 is 15.9 Å². The second-order valence-corrected chi connectivity index (χ2v) is 6.40. The molecule has 0 amide bonds. The zero-order valence-electron chi connectivity index (χ0n) is 11.8. The molecule has 2 rings (SSSR count). The van der Waals surface area contributed by atoms with Crippen molar-refractivity contribution in [2.45, 2.75) is 6.42 Å². The molecule has 0 saturated carbocycles. The summed E-state index contributed by atoms with van der Waals surface area (Å²) in [4.78, 5) is 4.79. The molecule has 1 saturated heterocycles. The van der Waals surface area contributed by atoms with Gasteiger partial charge in [0.1, 0.15) is 12.4 Å². The molecule has 1 aliphatic rings. The Labute approximate surface area is 124 Å². The van der Waals surface area contributed by atoms with Crippen LogP contribution in [0.15, 0.2) is 28.7 Å². The second-order valence-electron chi connectivity index (χ2n) is 5.48. The third kappa shape index (κ3) is 5.13. The molecule has 1 unspecified atom stereocenters. The number of likely N-dealkylation sites (tertiary alicyclic amines) is 1. The molecule has 0 spiro atoms. The summed E-state index contributed by atoms with van der Waals surface area (Å²) >= 11 is 3.42. The van der Waals surface area contributed by atoms with Crippen molar-refractivity contribution in [1.29, 1.82) is 0 Å². The fraction of sp³-hybridized carbons (Fsp3) is 0.600. The Morgan fingerprint density at radius 2 is 2.11 bits per heavy atom. The highest BCUT2D eigenvalue weighted by Crippen LogP contribution is 2.17. The maximum absolute atomic E-state index is 5.74. The quantitative estimate of drug-likeness (QED) is 0.799. The minimum Gasteiger partial charge on any atom is -0.492 e. The van der Waals surface area contributed by atoms with Crippen LogP contribution < -0.4 is 4.74 Å². The van der Waals surface area contributed by atoms with Gasteiger partial charge >= 0.3 is 0 Å². The summed E-state index contributed by atoms with van der Waals surface area (Å²) in [5.41, 5.74) is 0. The number of ether oxygens (including phenoxy) is 1. The van der Waals surface area contributed by atoms with Crippen LogP contribution in [0.25, 0.3) is 0 Å². The van der Waals surface area contributed by atoms with Crippen LogP contribution in [0, 0.1) is 5.92 Å². The number of hydrogen-bond donors (Lipinski definition) is 0. The van der Waals surface area contributed by atoms with Crippen LogP contribution in [0.2, 0.25) is 0 Å². The average Bonchev–Trinajstić information content (AvgIpc) is 2.77. The van der Waals surface area contributed by atoms with Gasteiger partial charge in [0, 0.05) is 24.1 Å². The smallest absolute Gasteiger partial charge is 0.119 e. The van der Waals surface area contributed by atoms with Crippen molar-refractivity contribution in [1.82, 2.24) is 9.80 Å². The van der Waals surface area contributed by atoms with E-state index in [1.54, 1.807) is 0 Å². The zero-order valence-corrected chi connectivity index (χ0v) is 13.4. The van der Waals surface area contributed by atoms with E-state index in [9.17, 15) is 0 Å². The molecule has 106 valence electrons. The summed E-state index contributed by atoms with van der Waals surface area (Å²) in [7, 11) is 4.39. The number of halogens is 1. The fourth-order valence-corrected chi connectivity index (χ4v) is 2.82. The third-order valence-electron chi connectivity index (χ3n) is 3.61. The summed E-state index contributed by atoms with van der Waals surface area (Å²) < 4.78 is 6.83. The van der Waals surface area contributed by atoms with Gasteiger partial charge < -0.3 is 14.5 Å². The molecule has 1 heterocycles. The van der Waals surface area contributed by atoms with Crippen LogP contribution in [0.1, 0.15) is 6.42 Å². The predicted octanol–water partition coefficient (Wildman–Crippen LogP) is 2.71. The van der Waals surface area contributed by atoms with E-state index in [1.807, 2.05) is 24.3 Å². The number of hydrogen-bond acceptors (Lipinski definition) is 3. The minimum atomic E-state index is 0.751. The first-order chi connectivity index (χ1) is 9.13. The van der Waals surface area contributed by atoms with Gasteiger partial charge in [0.15, 0.2) is 0 Å². The molecule has 0 aromatic heterocycles. The summed E-state index contributed by atoms with van der Waals surface area (Å²) in [6.07, 6.45) is 1.33. The van der Waals surface area contributed by atoms with Gasteiger partial charge in [0.2, 0.25) is 0 Å². The van der Waals surface area contributed by atoms with E-state index in [2.05, 4.69) is 39.8 Å². The van der Waals surface area contributed by atoms with Crippen molar-refractivity contribution in [2.24, 2.45) is 5.92 Å². The van der Waals surface area contributed by atoms with E-state index >= 15 is 0 Å². The lowest BCUT2D eigenvalue weighted by atomic mass is 10.1. The average molecular weight is 327 g/mol. The van der Waals surface area contributed by atoms with Crippen LogP contribution >= 0.6 is 15.9 Å². The zero-order chi connectivity index (χ0) is 13.7. The summed E-state index contributed by atoms with van der Waals surface area (Å²) in [5, 5.41) is 0. The lowest BCUT2D eigenvalue weighted by molar-refractivity contribution is 0.215. The molecule has 4 heteroatoms. The van der Waals surface area contributed by atoms with E-state index < -0.39 is 0 Å². The monoisotopic (exact) mass is 326 g/mol. The van der Waals surface area contributed by atoms with Gasteiger partial charge in [-0.25, -0.2) is 0 Å². The van der Waals surface area contributed by atoms with Crippen LogP contribution in [-0.4, -0.2) is 56.7 Å². The lowest BCUT2D eigenvalue weighted by Crippen LogP contribution is -2.30. The van der Waals surface area contributed by atoms with E-state index in [0.717, 1.165) is 29.3 Å². The van der Waals surface area contributed by atoms with Crippen molar-refractivity contribution < 1.29 is 4.74 Å². The largest absolute Gasteiger partial charge is 0.492 e. The Morgan fingerprint density at radius 1 is 1.37 bits per heavy atom. The highest BCUT2D eigenvalue weighted by atomic mass is 79.9. The molecule has 19 heavy (non-hydrogen) atoms. The predicted molar refractivity (Wildman–Crippen MR) is 82.7 cm³/mol. The molecule has 0 radical (unpaired) electrons. The van der Waals surface area contributed by atoms with Crippen LogP contribution in [0.4, 0.5) is 0 Å². The second kappa shape index (κ2) is 7.27. The Bertz CT molecular complexity index is 382. The summed E-state index contributed by atoms with van der Waals surface area (Å²) in [5.74, 6) is 1.76. The number of benzene rings is 1. The van der Waals surface area contributed by atoms with E-state index in [1.165, 1.54) is 26.1 Å². The molecule has 3 nitrogen and oxygen atoms in total. The van der Waals surface area contributed by atoms with Gasteiger partial charge in [-0.05, 0) is 57.2 Å². The molecular weight excluding hydrogens is 304 g/mol. The van der Waals surface area contributed by atoms with Gasteiger partial charge in [-0.2, -0.15) is 0 Å². The van der Waals surface area contributed by atoms with Gasteiger partial charge in [-0.1, -0.05) is 15.9 Å². The first-order valence-electron chi connectivity index (χ1n) is 6.89. The van der Waals surface area contributed by atoms with Gasteiger partial charge in [-0.15, -0.1) is 0 Å². The standard InChI is InChI=1S/C15H23BrN2O/c1-17-8-7-13(11-17)12-18(2)9-10-19-15-5-3-14(16)4-6-15/h3-6,13H,7-12H2,1-2H3. The van der Waals surface area contributed by atoms with Crippen LogP contribution in [0.3, 0.4) is 0 Å². The summed E-state index contributed by atoms with van der Waals surface area (Å²) in [6.45, 7) is 5.39. The molecule has 1 aromatic carbocycles. The molecule has 1 atom stereocenters. The molecule has 1 aromatic rings. The number of rotatable bonds is 6. The molecule has 1 aliphatic heterocycles. The van der Waals surface area contributed by atoms with Gasteiger partial charge in [-0.3, -0.25) is 0 Å². The molecule has 0 aliphatic carbocycles. The topological polar surface area (TPSA) is 15.7 Å². The van der Waals surface area contributed by atoms with Crippen molar-refractivity contribution in [3.63, 3.8) is 0 Å². The van der Waals surface area contributed by atoms with E-state index in [0.29, 0.717) is 0 Å². The van der Waals surface area contributed by atoms with Gasteiger partial charge in [0.05, 0.1) is 0 Å². The maximum atomic E-state index is 5.74. The third-order valence-corrected chi connectivity index (χ3v) is 4.14. The SMILES string of the molecule is CN(CCOc1ccc(Br)cc1)CC1CCN(C)C1. The van der Waals surface area contributed by atoms with Crippen LogP contribution in [-0.2, 0) is 0 Å². The first kappa shape index (κ1) is 14.8. The molecular formula is C15H23BrN2O. The summed E-state index contributed by atoms with van der Waals surface area (Å²) in [6, 6.07) is 8.01. The Hall–Kier alpha value is -0.580. The first-order valence-corrected chi connectivity index (χ1v) is 7.68. The Kier molecular flexibility index (Phi) is 5.67. The highest BCUT2D eigenvalue weighted by Gasteiger charge is 2.20. The Balaban J connectivity index is 1.63. The van der Waals surface area contributed by atoms with E-state index in [-0.39, 0.29) is 0 Å². The van der Waals surface area contributed by atoms with Crippen molar-refractivity contribution in [3.05, 3.63) is 28.7 Å². The van der Waals surface area contributed by atoms with Gasteiger partial charge in [0.25, 0.3) is 0 Å². The lowest BCUT2D eigenvalue weighted by Gasteiger charge is -2.20. The van der Waals surface area contributed by atoms with Crippen molar-refractivity contribution in [3.8, 4) is 5.75 Å². The normalized spacial score (nSPS) is 20.1. The fourth-order valence-electron chi connectivity index (χ4n) is 2.56. The molecule has 1 fully saturated rings. The highest BCUT2D eigenvalue weighted by molar-refractivity contribution is 9.10. The minimum absolute atomic E-state index is 0.751. The molecule has 0 N–H and O–H groups in total. The Morgan fingerprint density at radius 3 is 2.74 bits per heavy atom. The molecule has 0 bridgehead atoms. The number of likely N-dealkylation sites (N-methyl/N-ethyl adjacent to an activating group) is 1. The van der Waals surface area contributed by atoms with Crippen LogP contribution in [0.5, 0.6) is 5.75 Å². The van der Waals surface area contributed by atoms with Crippen molar-refractivity contribution in [2.75, 3.05) is 46.9 Å². The maximum Gasteiger partial charge on any atom is 0.119 e. The van der Waals surface area contributed by atoms with E-state index in [4.69, 9.17) is 4.74 Å².